The maximum Gasteiger partial charge on any atom is 0.263 e. The number of hydrogen-bond acceptors (Lipinski definition) is 3. The Hall–Kier alpha value is -1.93. The molecule has 3 rings (SSSR count). The van der Waals surface area contributed by atoms with E-state index in [4.69, 9.17) is 5.26 Å². The third-order valence-corrected chi connectivity index (χ3v) is 5.58. The molecule has 0 N–H and O–H groups in total. The Morgan fingerprint density at radius 1 is 1.17 bits per heavy atom. The molecule has 0 unspecified atom stereocenters. The van der Waals surface area contributed by atoms with Crippen molar-refractivity contribution < 1.29 is 8.78 Å². The predicted octanol–water partition coefficient (Wildman–Crippen LogP) is 6.83. The summed E-state index contributed by atoms with van der Waals surface area (Å²) in [6, 6.07) is 8.68. The lowest BCUT2D eigenvalue weighted by atomic mass is 9.91. The van der Waals surface area contributed by atoms with Crippen LogP contribution in [0.3, 0.4) is 0 Å². The van der Waals surface area contributed by atoms with Crippen LogP contribution in [-0.4, -0.2) is 37.6 Å². The van der Waals surface area contributed by atoms with Gasteiger partial charge in [0.15, 0.2) is 0 Å². The van der Waals surface area contributed by atoms with Gasteiger partial charge in [-0.3, -0.25) is 0 Å². The van der Waals surface area contributed by atoms with Crippen molar-refractivity contribution in [3.63, 3.8) is 0 Å². The summed E-state index contributed by atoms with van der Waals surface area (Å²) in [5.74, 6) is 1.04. The zero-order valence-corrected chi connectivity index (χ0v) is 19.0. The molecule has 0 aromatic heterocycles. The van der Waals surface area contributed by atoms with Gasteiger partial charge in [-0.05, 0) is 31.5 Å². The summed E-state index contributed by atoms with van der Waals surface area (Å²) in [5.41, 5.74) is 1.96. The van der Waals surface area contributed by atoms with Crippen molar-refractivity contribution in [1.29, 1.82) is 5.26 Å². The van der Waals surface area contributed by atoms with E-state index in [-0.39, 0.29) is 5.56 Å². The number of likely N-dealkylation sites (N-methyl/N-ethyl adjacent to an activating group) is 1. The zero-order chi connectivity index (χ0) is 22.4. The summed E-state index contributed by atoms with van der Waals surface area (Å²) in [4.78, 5) is 4.55. The number of rotatable bonds is 4. The van der Waals surface area contributed by atoms with E-state index in [1.54, 1.807) is 12.1 Å². The largest absolute Gasteiger partial charge is 0.369 e. The Kier molecular flexibility index (Phi) is 13.0. The average molecular weight is 420 g/mol. The Labute approximate surface area is 182 Å². The maximum atomic E-state index is 12.6. The molecular formula is C25H39F2N3. The van der Waals surface area contributed by atoms with E-state index in [2.05, 4.69) is 30.2 Å². The molecule has 168 valence electrons. The third-order valence-electron chi connectivity index (χ3n) is 5.58. The van der Waals surface area contributed by atoms with Crippen molar-refractivity contribution in [3.05, 3.63) is 42.0 Å². The van der Waals surface area contributed by atoms with Crippen LogP contribution in [0.4, 0.5) is 14.5 Å². The third kappa shape index (κ3) is 10.7. The molecule has 30 heavy (non-hydrogen) atoms. The highest BCUT2D eigenvalue weighted by molar-refractivity contribution is 5.49. The fourth-order valence-electron chi connectivity index (χ4n) is 3.62. The Morgan fingerprint density at radius 2 is 1.80 bits per heavy atom. The summed E-state index contributed by atoms with van der Waals surface area (Å²) >= 11 is 0. The molecule has 1 aromatic rings. The molecule has 0 spiro atoms. The molecule has 5 heteroatoms. The van der Waals surface area contributed by atoms with Crippen LogP contribution in [0.5, 0.6) is 0 Å². The fourth-order valence-corrected chi connectivity index (χ4v) is 3.62. The quantitative estimate of drug-likeness (QED) is 0.501. The highest BCUT2D eigenvalue weighted by atomic mass is 19.3. The highest BCUT2D eigenvalue weighted by Gasteiger charge is 2.17. The summed E-state index contributed by atoms with van der Waals surface area (Å²) in [5, 5.41) is 7.93. The standard InChI is InChI=1S/C13H18F2N2.C7H14.C5H7N/c1-2-16-6-8-17(9-7-16)12-5-3-4-11(10-12)13(14)15;1-7-5-3-2-4-6-7;1-5(2)3-4-6/h3-5,10,13H,2,6-9H2,1H3;7H,2-6H2,1H3;1,3H2,2H3. The van der Waals surface area contributed by atoms with Crippen LogP contribution in [0.25, 0.3) is 0 Å². The number of nitriles is 1. The van der Waals surface area contributed by atoms with Crippen LogP contribution in [0.2, 0.25) is 0 Å². The summed E-state index contributed by atoms with van der Waals surface area (Å²) < 4.78 is 25.2. The van der Waals surface area contributed by atoms with Crippen molar-refractivity contribution in [1.82, 2.24) is 4.90 Å². The number of anilines is 1. The molecule has 1 heterocycles. The van der Waals surface area contributed by atoms with Gasteiger partial charge in [0.05, 0.1) is 12.5 Å². The van der Waals surface area contributed by atoms with Crippen LogP contribution in [0, 0.1) is 17.2 Å². The van der Waals surface area contributed by atoms with Gasteiger partial charge >= 0.3 is 0 Å². The van der Waals surface area contributed by atoms with Gasteiger partial charge in [-0.25, -0.2) is 8.78 Å². The van der Waals surface area contributed by atoms with Gasteiger partial charge in [0.1, 0.15) is 0 Å². The van der Waals surface area contributed by atoms with E-state index in [0.29, 0.717) is 6.42 Å². The first kappa shape index (κ1) is 26.1. The van der Waals surface area contributed by atoms with Gasteiger partial charge in [-0.2, -0.15) is 5.26 Å². The number of allylic oxidation sites excluding steroid dienone is 1. The predicted molar refractivity (Wildman–Crippen MR) is 123 cm³/mol. The molecule has 3 nitrogen and oxygen atoms in total. The van der Waals surface area contributed by atoms with Gasteiger partial charge in [-0.15, -0.1) is 0 Å². The lowest BCUT2D eigenvalue weighted by Gasteiger charge is -2.35. The minimum Gasteiger partial charge on any atom is -0.369 e. The van der Waals surface area contributed by atoms with Gasteiger partial charge in [0.2, 0.25) is 0 Å². The first-order chi connectivity index (χ1) is 14.4. The Morgan fingerprint density at radius 3 is 2.20 bits per heavy atom. The van der Waals surface area contributed by atoms with Gasteiger partial charge in [-0.1, -0.05) is 70.2 Å². The molecular weight excluding hydrogens is 380 g/mol. The summed E-state index contributed by atoms with van der Waals surface area (Å²) in [7, 11) is 0. The Balaban J connectivity index is 0.000000285. The number of nitrogens with zero attached hydrogens (tertiary/aromatic N) is 3. The van der Waals surface area contributed by atoms with Crippen LogP contribution in [0.15, 0.2) is 36.4 Å². The van der Waals surface area contributed by atoms with E-state index < -0.39 is 6.43 Å². The monoisotopic (exact) mass is 419 g/mol. The fraction of sp³-hybridized carbons (Fsp3) is 0.640. The van der Waals surface area contributed by atoms with E-state index in [1.807, 2.05) is 19.1 Å². The zero-order valence-electron chi connectivity index (χ0n) is 19.0. The molecule has 0 atom stereocenters. The lowest BCUT2D eigenvalue weighted by Crippen LogP contribution is -2.46. The molecule has 1 aromatic carbocycles. The first-order valence-electron chi connectivity index (χ1n) is 11.2. The highest BCUT2D eigenvalue weighted by Crippen LogP contribution is 2.24. The summed E-state index contributed by atoms with van der Waals surface area (Å²) in [6.45, 7) is 14.8. The lowest BCUT2D eigenvalue weighted by molar-refractivity contribution is 0.151. The van der Waals surface area contributed by atoms with E-state index in [0.717, 1.165) is 49.9 Å². The van der Waals surface area contributed by atoms with Gasteiger partial charge < -0.3 is 9.80 Å². The molecule has 0 bridgehead atoms. The second-order valence-corrected chi connectivity index (χ2v) is 8.35. The number of halogens is 2. The van der Waals surface area contributed by atoms with Crippen molar-refractivity contribution in [3.8, 4) is 6.07 Å². The number of hydrogen-bond donors (Lipinski definition) is 0. The molecule has 1 saturated carbocycles. The van der Waals surface area contributed by atoms with E-state index in [9.17, 15) is 8.78 Å². The minimum absolute atomic E-state index is 0.112. The normalized spacial score (nSPS) is 17.3. The van der Waals surface area contributed by atoms with Crippen molar-refractivity contribution in [2.45, 2.75) is 65.7 Å². The van der Waals surface area contributed by atoms with Crippen molar-refractivity contribution in [2.75, 3.05) is 37.6 Å². The molecule has 0 amide bonds. The van der Waals surface area contributed by atoms with Crippen LogP contribution >= 0.6 is 0 Å². The second-order valence-electron chi connectivity index (χ2n) is 8.35. The molecule has 1 aliphatic carbocycles. The topological polar surface area (TPSA) is 30.3 Å². The van der Waals surface area contributed by atoms with Gasteiger partial charge in [0, 0.05) is 37.4 Å². The van der Waals surface area contributed by atoms with E-state index >= 15 is 0 Å². The molecule has 1 aliphatic heterocycles. The number of alkyl halides is 2. The van der Waals surface area contributed by atoms with Crippen molar-refractivity contribution in [2.24, 2.45) is 5.92 Å². The number of benzene rings is 1. The van der Waals surface area contributed by atoms with Crippen LogP contribution < -0.4 is 4.90 Å². The number of piperazine rings is 1. The second kappa shape index (κ2) is 15.0. The van der Waals surface area contributed by atoms with Crippen LogP contribution in [0.1, 0.15) is 71.3 Å². The Bertz CT molecular complexity index is 640. The molecule has 2 aliphatic rings. The minimum atomic E-state index is -2.38. The molecule has 2 fully saturated rings. The first-order valence-corrected chi connectivity index (χ1v) is 11.2. The molecule has 0 radical (unpaired) electrons. The van der Waals surface area contributed by atoms with Crippen molar-refractivity contribution >= 4 is 5.69 Å². The van der Waals surface area contributed by atoms with Gasteiger partial charge in [0.25, 0.3) is 6.43 Å². The van der Waals surface area contributed by atoms with Crippen LogP contribution in [-0.2, 0) is 0 Å². The molecule has 1 saturated heterocycles. The average Bonchev–Trinajstić information content (AvgIpc) is 2.75. The maximum absolute atomic E-state index is 12.6. The summed E-state index contributed by atoms with van der Waals surface area (Å²) in [6.07, 6.45) is 5.54. The SMILES string of the molecule is C=C(C)CC#N.CC1CCCCC1.CCN1CCN(c2cccc(C(F)F)c2)CC1. The smallest absolute Gasteiger partial charge is 0.263 e. The van der Waals surface area contributed by atoms with E-state index in [1.165, 1.54) is 38.2 Å².